The van der Waals surface area contributed by atoms with Crippen molar-refractivity contribution >= 4 is 22.6 Å². The van der Waals surface area contributed by atoms with Gasteiger partial charge in [-0.2, -0.15) is 0 Å². The van der Waals surface area contributed by atoms with E-state index in [1.165, 1.54) is 0 Å². The Balaban J connectivity index is 0.000000174. The molecular formula is C17H17NO4. The number of nitrogens with one attached hydrogen (secondary N) is 1. The third-order valence-corrected chi connectivity index (χ3v) is 4.00. The molecule has 2 aliphatic rings. The monoisotopic (exact) mass is 299 g/mol. The van der Waals surface area contributed by atoms with Crippen LogP contribution < -0.4 is 5.32 Å². The minimum Gasteiger partial charge on any atom is -0.393 e. The predicted molar refractivity (Wildman–Crippen MR) is 81.6 cm³/mol. The summed E-state index contributed by atoms with van der Waals surface area (Å²) in [4.78, 5) is 23.1. The zero-order valence-corrected chi connectivity index (χ0v) is 12.0. The minimum absolute atomic E-state index is 0.227. The van der Waals surface area contributed by atoms with Gasteiger partial charge in [0.25, 0.3) is 11.8 Å². The molecule has 2 atom stereocenters. The zero-order chi connectivity index (χ0) is 15.7. The number of carbonyl (C=O) groups excluding carboxylic acids is 2. The standard InChI is InChI=1S/C12H7NO2.C5H10O2/c14-11-8-5-1-3-7-4-2-6-9(10(7)8)12(15)13-11;6-4-1-2-5(7)3-4/h1-6H,(H,13,14,15);4-7H,1-3H2/t;4-,5-/m.0/s1. The van der Waals surface area contributed by atoms with Gasteiger partial charge >= 0.3 is 0 Å². The molecule has 0 radical (unpaired) electrons. The normalized spacial score (nSPS) is 23.0. The molecular weight excluding hydrogens is 282 g/mol. The van der Waals surface area contributed by atoms with E-state index in [9.17, 15) is 9.59 Å². The predicted octanol–water partition coefficient (Wildman–Crippen LogP) is 1.62. The minimum atomic E-state index is -0.315. The van der Waals surface area contributed by atoms with Crippen LogP contribution in [0, 0.1) is 0 Å². The molecule has 1 aliphatic carbocycles. The fourth-order valence-corrected chi connectivity index (χ4v) is 2.89. The van der Waals surface area contributed by atoms with Gasteiger partial charge in [-0.05, 0) is 36.8 Å². The summed E-state index contributed by atoms with van der Waals surface area (Å²) in [6, 6.07) is 10.9. The van der Waals surface area contributed by atoms with E-state index in [0.29, 0.717) is 17.5 Å². The second-order valence-electron chi connectivity index (χ2n) is 5.61. The maximum absolute atomic E-state index is 11.6. The Morgan fingerprint density at radius 2 is 1.36 bits per heavy atom. The third-order valence-electron chi connectivity index (χ3n) is 4.00. The highest BCUT2D eigenvalue weighted by atomic mass is 16.3. The number of aliphatic hydroxyl groups excluding tert-OH is 2. The largest absolute Gasteiger partial charge is 0.393 e. The molecule has 1 heterocycles. The lowest BCUT2D eigenvalue weighted by Crippen LogP contribution is -2.34. The van der Waals surface area contributed by atoms with E-state index in [1.807, 2.05) is 24.3 Å². The van der Waals surface area contributed by atoms with Crippen LogP contribution in [0.3, 0.4) is 0 Å². The third kappa shape index (κ3) is 2.73. The van der Waals surface area contributed by atoms with Crippen LogP contribution in [0.15, 0.2) is 36.4 Å². The van der Waals surface area contributed by atoms with Crippen molar-refractivity contribution in [2.75, 3.05) is 0 Å². The molecule has 0 bridgehead atoms. The Morgan fingerprint density at radius 1 is 0.864 bits per heavy atom. The summed E-state index contributed by atoms with van der Waals surface area (Å²) in [5.41, 5.74) is 1.14. The molecule has 2 aromatic rings. The number of imide groups is 1. The molecule has 2 aromatic carbocycles. The molecule has 4 rings (SSSR count). The van der Waals surface area contributed by atoms with Crippen LogP contribution in [0.4, 0.5) is 0 Å². The Bertz CT molecular complexity index is 684. The topological polar surface area (TPSA) is 86.6 Å². The van der Waals surface area contributed by atoms with Crippen molar-refractivity contribution < 1.29 is 19.8 Å². The second-order valence-corrected chi connectivity index (χ2v) is 5.61. The summed E-state index contributed by atoms with van der Waals surface area (Å²) in [5, 5.41) is 21.5. The fraction of sp³-hybridized carbons (Fsp3) is 0.294. The first-order chi connectivity index (χ1) is 10.6. The van der Waals surface area contributed by atoms with Gasteiger partial charge in [-0.25, -0.2) is 0 Å². The Hall–Kier alpha value is -2.24. The number of rotatable bonds is 0. The summed E-state index contributed by atoms with van der Waals surface area (Å²) in [6.07, 6.45) is 1.69. The van der Waals surface area contributed by atoms with E-state index >= 15 is 0 Å². The van der Waals surface area contributed by atoms with Gasteiger partial charge in [-0.15, -0.1) is 0 Å². The van der Waals surface area contributed by atoms with Gasteiger partial charge in [0.2, 0.25) is 0 Å². The summed E-state index contributed by atoms with van der Waals surface area (Å²) >= 11 is 0. The van der Waals surface area contributed by atoms with Gasteiger partial charge in [0.15, 0.2) is 0 Å². The molecule has 22 heavy (non-hydrogen) atoms. The van der Waals surface area contributed by atoms with Gasteiger partial charge in [-0.3, -0.25) is 14.9 Å². The van der Waals surface area contributed by atoms with Crippen molar-refractivity contribution in [3.05, 3.63) is 47.5 Å². The first-order valence-electron chi connectivity index (χ1n) is 7.30. The van der Waals surface area contributed by atoms with E-state index in [0.717, 1.165) is 23.6 Å². The molecule has 0 aromatic heterocycles. The average molecular weight is 299 g/mol. The molecule has 114 valence electrons. The van der Waals surface area contributed by atoms with Crippen molar-refractivity contribution in [2.45, 2.75) is 31.5 Å². The number of hydrogen-bond donors (Lipinski definition) is 3. The van der Waals surface area contributed by atoms with Crippen LogP contribution in [0.25, 0.3) is 10.8 Å². The maximum Gasteiger partial charge on any atom is 0.258 e. The Kier molecular flexibility index (Phi) is 3.92. The van der Waals surface area contributed by atoms with Crippen molar-refractivity contribution in [3.63, 3.8) is 0 Å². The zero-order valence-electron chi connectivity index (χ0n) is 12.0. The highest BCUT2D eigenvalue weighted by Crippen LogP contribution is 2.25. The van der Waals surface area contributed by atoms with Gasteiger partial charge in [0, 0.05) is 16.5 Å². The summed E-state index contributed by atoms with van der Waals surface area (Å²) in [7, 11) is 0. The molecule has 0 saturated heterocycles. The molecule has 0 spiro atoms. The van der Waals surface area contributed by atoms with E-state index in [-0.39, 0.29) is 24.0 Å². The molecule has 1 fully saturated rings. The lowest BCUT2D eigenvalue weighted by molar-refractivity contribution is 0.0844. The summed E-state index contributed by atoms with van der Waals surface area (Å²) in [6.45, 7) is 0. The second kappa shape index (κ2) is 5.87. The SMILES string of the molecule is O=C1NC(=O)c2cccc3cccc1c23.O[C@H]1CC[C@H](O)C1. The molecule has 5 heteroatoms. The highest BCUT2D eigenvalue weighted by molar-refractivity contribution is 6.25. The van der Waals surface area contributed by atoms with Crippen molar-refractivity contribution in [1.82, 2.24) is 5.32 Å². The molecule has 1 aliphatic heterocycles. The molecule has 5 nitrogen and oxygen atoms in total. The average Bonchev–Trinajstić information content (AvgIpc) is 2.88. The van der Waals surface area contributed by atoms with Crippen LogP contribution in [0.2, 0.25) is 0 Å². The first-order valence-corrected chi connectivity index (χ1v) is 7.30. The van der Waals surface area contributed by atoms with E-state index in [1.54, 1.807) is 12.1 Å². The van der Waals surface area contributed by atoms with Crippen molar-refractivity contribution in [3.8, 4) is 0 Å². The van der Waals surface area contributed by atoms with Crippen LogP contribution in [-0.4, -0.2) is 34.2 Å². The number of hydrogen-bond acceptors (Lipinski definition) is 4. The number of benzene rings is 2. The van der Waals surface area contributed by atoms with E-state index in [2.05, 4.69) is 5.32 Å². The van der Waals surface area contributed by atoms with Crippen LogP contribution >= 0.6 is 0 Å². The Morgan fingerprint density at radius 3 is 1.77 bits per heavy atom. The highest BCUT2D eigenvalue weighted by Gasteiger charge is 2.23. The molecule has 3 N–H and O–H groups in total. The summed E-state index contributed by atoms with van der Waals surface area (Å²) < 4.78 is 0. The number of carbonyl (C=O) groups is 2. The van der Waals surface area contributed by atoms with Crippen molar-refractivity contribution in [2.24, 2.45) is 0 Å². The van der Waals surface area contributed by atoms with E-state index < -0.39 is 0 Å². The van der Waals surface area contributed by atoms with E-state index in [4.69, 9.17) is 10.2 Å². The van der Waals surface area contributed by atoms with Crippen LogP contribution in [-0.2, 0) is 0 Å². The van der Waals surface area contributed by atoms with Gasteiger partial charge in [0.05, 0.1) is 12.2 Å². The van der Waals surface area contributed by atoms with Crippen molar-refractivity contribution in [1.29, 1.82) is 0 Å². The number of amides is 2. The fourth-order valence-electron chi connectivity index (χ4n) is 2.89. The lowest BCUT2D eigenvalue weighted by Gasteiger charge is -2.15. The summed E-state index contributed by atoms with van der Waals surface area (Å²) in [5.74, 6) is -0.631. The maximum atomic E-state index is 11.6. The van der Waals surface area contributed by atoms with Crippen LogP contribution in [0.1, 0.15) is 40.0 Å². The quantitative estimate of drug-likeness (QED) is 0.645. The molecule has 1 saturated carbocycles. The molecule has 2 amide bonds. The lowest BCUT2D eigenvalue weighted by atomic mass is 9.95. The van der Waals surface area contributed by atoms with Gasteiger partial charge < -0.3 is 10.2 Å². The van der Waals surface area contributed by atoms with Crippen LogP contribution in [0.5, 0.6) is 0 Å². The first kappa shape index (κ1) is 14.7. The van der Waals surface area contributed by atoms with Gasteiger partial charge in [-0.1, -0.05) is 24.3 Å². The molecule has 0 unspecified atom stereocenters. The number of aliphatic hydroxyl groups is 2. The Labute approximate surface area is 127 Å². The van der Waals surface area contributed by atoms with Gasteiger partial charge in [0.1, 0.15) is 0 Å². The smallest absolute Gasteiger partial charge is 0.258 e.